The van der Waals surface area contributed by atoms with Gasteiger partial charge in [-0.25, -0.2) is 4.79 Å². The summed E-state index contributed by atoms with van der Waals surface area (Å²) in [5.41, 5.74) is 1.73. The molecule has 5 rings (SSSR count). The van der Waals surface area contributed by atoms with Crippen molar-refractivity contribution in [2.24, 2.45) is 0 Å². The van der Waals surface area contributed by atoms with Gasteiger partial charge in [0.1, 0.15) is 13.2 Å². The molecule has 2 aromatic carbocycles. The van der Waals surface area contributed by atoms with Crippen LogP contribution in [0.5, 0.6) is 11.5 Å². The Morgan fingerprint density at radius 2 is 1.71 bits per heavy atom. The maximum absolute atomic E-state index is 13.8. The van der Waals surface area contributed by atoms with Gasteiger partial charge >= 0.3 is 5.97 Å². The molecule has 2 heterocycles. The molecular weight excluding hydrogens is 440 g/mol. The van der Waals surface area contributed by atoms with Crippen molar-refractivity contribution < 1.29 is 28.7 Å². The number of esters is 1. The van der Waals surface area contributed by atoms with Crippen molar-refractivity contribution in [1.82, 2.24) is 4.90 Å². The Morgan fingerprint density at radius 3 is 2.35 bits per heavy atom. The Balaban J connectivity index is 1.59. The smallest absolute Gasteiger partial charge is 0.338 e. The summed E-state index contributed by atoms with van der Waals surface area (Å²) in [5, 5.41) is 11.5. The number of methoxy groups -OCH3 is 1. The molecule has 2 aliphatic heterocycles. The highest BCUT2D eigenvalue weighted by molar-refractivity contribution is 5.99. The first kappa shape index (κ1) is 22.2. The molecule has 1 aliphatic carbocycles. The van der Waals surface area contributed by atoms with Crippen LogP contribution < -0.4 is 9.47 Å². The molecule has 1 fully saturated rings. The second-order valence-corrected chi connectivity index (χ2v) is 9.20. The van der Waals surface area contributed by atoms with Gasteiger partial charge in [0, 0.05) is 29.7 Å². The van der Waals surface area contributed by atoms with E-state index in [1.807, 2.05) is 13.0 Å². The van der Waals surface area contributed by atoms with Gasteiger partial charge in [-0.15, -0.1) is 0 Å². The quantitative estimate of drug-likeness (QED) is 0.379. The lowest BCUT2D eigenvalue weighted by Gasteiger charge is -2.46. The van der Waals surface area contributed by atoms with Crippen molar-refractivity contribution in [3.63, 3.8) is 0 Å². The minimum absolute atomic E-state index is 0.0275. The zero-order valence-electron chi connectivity index (χ0n) is 19.2. The summed E-state index contributed by atoms with van der Waals surface area (Å²) in [5.74, 6) is 0.325. The molecule has 0 saturated heterocycles. The molecule has 0 N–H and O–H groups in total. The zero-order chi connectivity index (χ0) is 24.0. The van der Waals surface area contributed by atoms with Gasteiger partial charge in [-0.1, -0.05) is 12.8 Å². The first-order chi connectivity index (χ1) is 16.3. The fourth-order valence-corrected chi connectivity index (χ4v) is 5.59. The van der Waals surface area contributed by atoms with Crippen LogP contribution in [-0.2, 0) is 10.2 Å². The minimum Gasteiger partial charge on any atom is -0.486 e. The van der Waals surface area contributed by atoms with Crippen molar-refractivity contribution in [2.75, 3.05) is 26.9 Å². The number of nitro benzene ring substituents is 1. The molecule has 178 valence electrons. The van der Waals surface area contributed by atoms with Gasteiger partial charge in [0.15, 0.2) is 11.5 Å². The van der Waals surface area contributed by atoms with Gasteiger partial charge in [0.05, 0.1) is 23.6 Å². The molecule has 2 aromatic rings. The summed E-state index contributed by atoms with van der Waals surface area (Å²) in [7, 11) is 1.20. The number of carbonyl (C=O) groups excluding carboxylic acids is 2. The fourth-order valence-electron chi connectivity index (χ4n) is 5.59. The van der Waals surface area contributed by atoms with Crippen LogP contribution in [0, 0.1) is 10.1 Å². The van der Waals surface area contributed by atoms with Gasteiger partial charge in [0.25, 0.3) is 11.6 Å². The van der Waals surface area contributed by atoms with E-state index in [1.54, 1.807) is 4.90 Å². The van der Waals surface area contributed by atoms with E-state index in [2.05, 4.69) is 6.07 Å². The highest BCUT2D eigenvalue weighted by atomic mass is 16.6. The molecule has 0 bridgehead atoms. The normalized spacial score (nSPS) is 20.1. The average molecular weight is 466 g/mol. The number of carbonyl (C=O) groups is 2. The first-order valence-corrected chi connectivity index (χ1v) is 11.5. The van der Waals surface area contributed by atoms with Crippen LogP contribution >= 0.6 is 0 Å². The van der Waals surface area contributed by atoms with E-state index in [0.29, 0.717) is 25.5 Å². The van der Waals surface area contributed by atoms with E-state index in [-0.39, 0.29) is 34.2 Å². The van der Waals surface area contributed by atoms with Crippen LogP contribution in [0.15, 0.2) is 30.3 Å². The summed E-state index contributed by atoms with van der Waals surface area (Å²) >= 11 is 0. The third kappa shape index (κ3) is 3.55. The van der Waals surface area contributed by atoms with Crippen molar-refractivity contribution in [1.29, 1.82) is 0 Å². The van der Waals surface area contributed by atoms with E-state index >= 15 is 0 Å². The molecule has 9 nitrogen and oxygen atoms in total. The standard InChI is InChI=1S/C25H26N2O7/c1-15-19-12-21-22(34-8-7-33-21)13-20(19)25(5-3-4-6-25)14-26(15)23(28)16-9-17(24(29)32-2)11-18(10-16)27(30)31/h9-13,15H,3-8,14H2,1-2H3/t15-/m1/s1. The third-order valence-electron chi connectivity index (χ3n) is 7.29. The number of ether oxygens (including phenoxy) is 3. The lowest BCUT2D eigenvalue weighted by atomic mass is 9.71. The van der Waals surface area contributed by atoms with Crippen molar-refractivity contribution in [3.05, 3.63) is 62.7 Å². The van der Waals surface area contributed by atoms with Gasteiger partial charge < -0.3 is 19.1 Å². The number of hydrogen-bond acceptors (Lipinski definition) is 7. The highest BCUT2D eigenvalue weighted by Gasteiger charge is 2.46. The maximum Gasteiger partial charge on any atom is 0.338 e. The van der Waals surface area contributed by atoms with Crippen molar-refractivity contribution in [2.45, 2.75) is 44.1 Å². The van der Waals surface area contributed by atoms with Crippen LogP contribution in [0.25, 0.3) is 0 Å². The molecule has 0 unspecified atom stereocenters. The second kappa shape index (κ2) is 8.30. The van der Waals surface area contributed by atoms with Gasteiger partial charge in [-0.2, -0.15) is 0 Å². The van der Waals surface area contributed by atoms with E-state index < -0.39 is 10.9 Å². The number of nitrogens with zero attached hydrogens (tertiary/aromatic N) is 2. The molecule has 1 saturated carbocycles. The summed E-state index contributed by atoms with van der Waals surface area (Å²) in [6.07, 6.45) is 4.01. The molecule has 34 heavy (non-hydrogen) atoms. The van der Waals surface area contributed by atoms with Gasteiger partial charge in [0.2, 0.25) is 0 Å². The summed E-state index contributed by atoms with van der Waals surface area (Å²) in [6, 6.07) is 7.48. The minimum atomic E-state index is -0.731. The highest BCUT2D eigenvalue weighted by Crippen LogP contribution is 2.52. The number of nitro groups is 1. The van der Waals surface area contributed by atoms with Crippen LogP contribution in [-0.4, -0.2) is 48.6 Å². The Kier molecular flexibility index (Phi) is 5.42. The molecule has 0 radical (unpaired) electrons. The Morgan fingerprint density at radius 1 is 1.06 bits per heavy atom. The molecule has 1 amide bonds. The molecule has 9 heteroatoms. The zero-order valence-corrected chi connectivity index (χ0v) is 19.2. The summed E-state index contributed by atoms with van der Waals surface area (Å²) in [4.78, 5) is 38.5. The lowest BCUT2D eigenvalue weighted by molar-refractivity contribution is -0.384. The predicted molar refractivity (Wildman–Crippen MR) is 121 cm³/mol. The van der Waals surface area contributed by atoms with Gasteiger partial charge in [-0.3, -0.25) is 14.9 Å². The molecule has 1 atom stereocenters. The topological polar surface area (TPSA) is 108 Å². The summed E-state index contributed by atoms with van der Waals surface area (Å²) in [6.45, 7) is 3.43. The van der Waals surface area contributed by atoms with E-state index in [4.69, 9.17) is 14.2 Å². The molecule has 1 spiro atoms. The second-order valence-electron chi connectivity index (χ2n) is 9.20. The van der Waals surface area contributed by atoms with Gasteiger partial charge in [-0.05, 0) is 49.1 Å². The van der Waals surface area contributed by atoms with E-state index in [0.717, 1.165) is 43.1 Å². The predicted octanol–water partition coefficient (Wildman–Crippen LogP) is 4.18. The molecule has 0 aromatic heterocycles. The molecular formula is C25H26N2O7. The number of benzene rings is 2. The van der Waals surface area contributed by atoms with E-state index in [9.17, 15) is 19.7 Å². The van der Waals surface area contributed by atoms with Crippen LogP contribution in [0.2, 0.25) is 0 Å². The van der Waals surface area contributed by atoms with E-state index in [1.165, 1.54) is 24.8 Å². The summed E-state index contributed by atoms with van der Waals surface area (Å²) < 4.78 is 16.4. The van der Waals surface area contributed by atoms with Crippen LogP contribution in [0.1, 0.15) is 70.5 Å². The number of non-ortho nitro benzene ring substituents is 1. The van der Waals surface area contributed by atoms with Crippen molar-refractivity contribution >= 4 is 17.6 Å². The Labute approximate surface area is 196 Å². The Hall–Kier alpha value is -3.62. The number of rotatable bonds is 3. The van der Waals surface area contributed by atoms with Crippen molar-refractivity contribution in [3.8, 4) is 11.5 Å². The van der Waals surface area contributed by atoms with Crippen LogP contribution in [0.3, 0.4) is 0 Å². The monoisotopic (exact) mass is 466 g/mol. The number of hydrogen-bond donors (Lipinski definition) is 0. The molecule has 3 aliphatic rings. The first-order valence-electron chi connectivity index (χ1n) is 11.5. The largest absolute Gasteiger partial charge is 0.486 e. The fraction of sp³-hybridized carbons (Fsp3) is 0.440. The average Bonchev–Trinajstić information content (AvgIpc) is 3.33. The number of amides is 1. The number of fused-ring (bicyclic) bond motifs is 3. The third-order valence-corrected chi connectivity index (χ3v) is 7.29. The lowest BCUT2D eigenvalue weighted by Crippen LogP contribution is -2.48. The Bertz CT molecular complexity index is 1190. The maximum atomic E-state index is 13.8. The SMILES string of the molecule is COC(=O)c1cc(C(=O)N2CC3(CCCC3)c3cc4c(cc3[C@H]2C)OCCO4)cc([N+](=O)[O-])c1. The van der Waals surface area contributed by atoms with Crippen LogP contribution in [0.4, 0.5) is 5.69 Å².